The first-order chi connectivity index (χ1) is 11.8. The van der Waals surface area contributed by atoms with Crippen molar-refractivity contribution < 1.29 is 13.2 Å². The Morgan fingerprint density at radius 1 is 1.24 bits per heavy atom. The summed E-state index contributed by atoms with van der Waals surface area (Å²) >= 11 is 11.0. The van der Waals surface area contributed by atoms with Gasteiger partial charge >= 0.3 is 0 Å². The first-order valence-electron chi connectivity index (χ1n) is 7.61. The Hall–Kier alpha value is -0.930. The van der Waals surface area contributed by atoms with Crippen molar-refractivity contribution in [2.75, 3.05) is 13.1 Å². The molecule has 5 nitrogen and oxygen atoms in total. The van der Waals surface area contributed by atoms with Crippen molar-refractivity contribution in [2.24, 2.45) is 0 Å². The lowest BCUT2D eigenvalue weighted by Gasteiger charge is -2.19. The van der Waals surface area contributed by atoms with Crippen molar-refractivity contribution in [3.05, 3.63) is 49.6 Å². The van der Waals surface area contributed by atoms with Crippen molar-refractivity contribution in [3.8, 4) is 0 Å². The first kappa shape index (κ1) is 20.4. The molecule has 25 heavy (non-hydrogen) atoms. The number of hydrogen-bond donors (Lipinski definition) is 1. The average Bonchev–Trinajstić information content (AvgIpc) is 2.99. The third kappa shape index (κ3) is 4.83. The third-order valence-electron chi connectivity index (χ3n) is 3.58. The quantitative estimate of drug-likeness (QED) is 0.669. The second kappa shape index (κ2) is 8.64. The molecule has 0 aliphatic heterocycles. The molecule has 9 heteroatoms. The number of carbonyl (C=O) groups is 1. The molecule has 2 rings (SSSR count). The Bertz CT molecular complexity index is 864. The van der Waals surface area contributed by atoms with Crippen molar-refractivity contribution in [1.29, 1.82) is 0 Å². The van der Waals surface area contributed by atoms with E-state index in [4.69, 9.17) is 11.6 Å². The van der Waals surface area contributed by atoms with Crippen LogP contribution in [-0.2, 0) is 16.6 Å². The van der Waals surface area contributed by atoms with Gasteiger partial charge in [-0.15, -0.1) is 11.3 Å². The van der Waals surface area contributed by atoms with Gasteiger partial charge in [0.2, 0.25) is 10.0 Å². The monoisotopic (exact) mass is 464 g/mol. The number of sulfonamides is 1. The second-order valence-corrected chi connectivity index (χ2v) is 10.0. The molecule has 136 valence electrons. The molecule has 0 aliphatic carbocycles. The van der Waals surface area contributed by atoms with Crippen LogP contribution < -0.4 is 5.32 Å². The highest BCUT2D eigenvalue weighted by Gasteiger charge is 2.23. The molecule has 0 spiro atoms. The van der Waals surface area contributed by atoms with E-state index >= 15 is 0 Å². The van der Waals surface area contributed by atoms with Gasteiger partial charge in [-0.25, -0.2) is 8.42 Å². The van der Waals surface area contributed by atoms with E-state index in [0.29, 0.717) is 19.6 Å². The Morgan fingerprint density at radius 2 is 1.92 bits per heavy atom. The number of rotatable bonds is 7. The molecule has 0 saturated heterocycles. The molecular weight excluding hydrogens is 448 g/mol. The smallest absolute Gasteiger partial charge is 0.253 e. The van der Waals surface area contributed by atoms with E-state index in [0.717, 1.165) is 8.66 Å². The fourth-order valence-corrected chi connectivity index (χ4v) is 5.37. The van der Waals surface area contributed by atoms with Gasteiger partial charge in [-0.1, -0.05) is 25.4 Å². The lowest BCUT2D eigenvalue weighted by molar-refractivity contribution is 0.0951. The zero-order chi connectivity index (χ0) is 18.6. The molecule has 0 fully saturated rings. The predicted molar refractivity (Wildman–Crippen MR) is 105 cm³/mol. The van der Waals surface area contributed by atoms with Crippen LogP contribution in [0.3, 0.4) is 0 Å². The number of hydrogen-bond acceptors (Lipinski definition) is 4. The summed E-state index contributed by atoms with van der Waals surface area (Å²) in [5.74, 6) is -0.411. The van der Waals surface area contributed by atoms with Gasteiger partial charge in [0.15, 0.2) is 0 Å². The van der Waals surface area contributed by atoms with Crippen LogP contribution in [0, 0.1) is 0 Å². The van der Waals surface area contributed by atoms with Crippen LogP contribution in [0.5, 0.6) is 0 Å². The minimum absolute atomic E-state index is 0.0598. The summed E-state index contributed by atoms with van der Waals surface area (Å²) in [5.41, 5.74) is 0.144. The zero-order valence-electron chi connectivity index (χ0n) is 13.8. The Balaban J connectivity index is 2.24. The molecule has 0 atom stereocenters. The molecule has 0 aliphatic rings. The highest BCUT2D eigenvalue weighted by atomic mass is 79.9. The Morgan fingerprint density at radius 3 is 2.48 bits per heavy atom. The minimum Gasteiger partial charge on any atom is -0.347 e. The van der Waals surface area contributed by atoms with Gasteiger partial charge in [-0.2, -0.15) is 4.31 Å². The van der Waals surface area contributed by atoms with Crippen LogP contribution in [0.25, 0.3) is 0 Å². The maximum Gasteiger partial charge on any atom is 0.253 e. The van der Waals surface area contributed by atoms with Gasteiger partial charge in [0.25, 0.3) is 5.91 Å². The van der Waals surface area contributed by atoms with Gasteiger partial charge in [-0.05, 0) is 46.3 Å². The summed E-state index contributed by atoms with van der Waals surface area (Å²) < 4.78 is 27.5. The molecule has 1 N–H and O–H groups in total. The lowest BCUT2D eigenvalue weighted by Crippen LogP contribution is -2.31. The van der Waals surface area contributed by atoms with Gasteiger partial charge in [0, 0.05) is 18.0 Å². The van der Waals surface area contributed by atoms with Crippen molar-refractivity contribution >= 4 is 54.8 Å². The summed E-state index contributed by atoms with van der Waals surface area (Å²) in [6.07, 6.45) is 0. The number of nitrogens with one attached hydrogen (secondary N) is 1. The summed E-state index contributed by atoms with van der Waals surface area (Å²) in [7, 11) is -3.65. The van der Waals surface area contributed by atoms with E-state index in [1.807, 2.05) is 12.1 Å². The van der Waals surface area contributed by atoms with Gasteiger partial charge in [0.05, 0.1) is 25.8 Å². The fraction of sp³-hybridized carbons (Fsp3) is 0.312. The van der Waals surface area contributed by atoms with Gasteiger partial charge in [-0.3, -0.25) is 4.79 Å². The van der Waals surface area contributed by atoms with Crippen LogP contribution >= 0.6 is 38.9 Å². The molecule has 0 unspecified atom stereocenters. The van der Waals surface area contributed by atoms with Crippen molar-refractivity contribution in [2.45, 2.75) is 25.3 Å². The molecule has 1 aromatic carbocycles. The SMILES string of the molecule is CCN(CC)S(=O)(=O)c1ccc(Cl)c(C(=O)NCc2ccc(Br)s2)c1. The van der Waals surface area contributed by atoms with Crippen molar-refractivity contribution in [1.82, 2.24) is 9.62 Å². The van der Waals surface area contributed by atoms with E-state index in [1.165, 1.54) is 33.8 Å². The van der Waals surface area contributed by atoms with E-state index in [2.05, 4.69) is 21.2 Å². The largest absolute Gasteiger partial charge is 0.347 e. The molecule has 0 radical (unpaired) electrons. The minimum atomic E-state index is -3.65. The molecule has 0 saturated carbocycles. The zero-order valence-corrected chi connectivity index (χ0v) is 17.7. The topological polar surface area (TPSA) is 66.5 Å². The standard InChI is InChI=1S/C16H18BrClN2O3S2/c1-3-20(4-2)25(22,23)12-6-7-14(18)13(9-12)16(21)19-10-11-5-8-15(17)24-11/h5-9H,3-4,10H2,1-2H3,(H,19,21). The lowest BCUT2D eigenvalue weighted by atomic mass is 10.2. The first-order valence-corrected chi connectivity index (χ1v) is 11.0. The van der Waals surface area contributed by atoms with Crippen molar-refractivity contribution in [3.63, 3.8) is 0 Å². The van der Waals surface area contributed by atoms with E-state index in [1.54, 1.807) is 13.8 Å². The second-order valence-electron chi connectivity index (χ2n) is 5.12. The molecular formula is C16H18BrClN2O3S2. The normalized spacial score (nSPS) is 11.7. The van der Waals surface area contributed by atoms with Crippen LogP contribution in [0.2, 0.25) is 5.02 Å². The summed E-state index contributed by atoms with van der Waals surface area (Å²) in [6.45, 7) is 4.60. The Labute approximate surface area is 165 Å². The number of amides is 1. The van der Waals surface area contributed by atoms with Gasteiger partial charge in [0.1, 0.15) is 0 Å². The number of nitrogens with zero attached hydrogens (tertiary/aromatic N) is 1. The Kier molecular flexibility index (Phi) is 7.04. The average molecular weight is 466 g/mol. The fourth-order valence-electron chi connectivity index (χ4n) is 2.26. The summed E-state index contributed by atoms with van der Waals surface area (Å²) in [5, 5.41) is 2.97. The molecule has 2 aromatic rings. The number of thiophene rings is 1. The maximum atomic E-state index is 12.6. The van der Waals surface area contributed by atoms with Gasteiger partial charge < -0.3 is 5.32 Å². The predicted octanol–water partition coefficient (Wildman–Crippen LogP) is 4.12. The van der Waals surface area contributed by atoms with Crippen LogP contribution in [-0.4, -0.2) is 31.7 Å². The van der Waals surface area contributed by atoms with E-state index in [9.17, 15) is 13.2 Å². The highest BCUT2D eigenvalue weighted by molar-refractivity contribution is 9.11. The van der Waals surface area contributed by atoms with Crippen LogP contribution in [0.1, 0.15) is 29.1 Å². The summed E-state index contributed by atoms with van der Waals surface area (Å²) in [4.78, 5) is 13.5. The number of benzene rings is 1. The van der Waals surface area contributed by atoms with E-state index < -0.39 is 15.9 Å². The molecule has 1 amide bonds. The maximum absolute atomic E-state index is 12.6. The number of halogens is 2. The highest BCUT2D eigenvalue weighted by Crippen LogP contribution is 2.24. The molecule has 1 aromatic heterocycles. The van der Waals surface area contributed by atoms with E-state index in [-0.39, 0.29) is 15.5 Å². The third-order valence-corrected chi connectivity index (χ3v) is 7.58. The van der Waals surface area contributed by atoms with Crippen LogP contribution in [0.15, 0.2) is 39.0 Å². The molecule has 1 heterocycles. The number of carbonyl (C=O) groups excluding carboxylic acids is 1. The van der Waals surface area contributed by atoms with Crippen LogP contribution in [0.4, 0.5) is 0 Å². The molecule has 0 bridgehead atoms. The summed E-state index contributed by atoms with van der Waals surface area (Å²) in [6, 6.07) is 7.99.